The normalized spacial score (nSPS) is 24.8. The highest BCUT2D eigenvalue weighted by molar-refractivity contribution is 9.10. The number of hydrogen-bond acceptors (Lipinski definition) is 1. The summed E-state index contributed by atoms with van der Waals surface area (Å²) >= 11 is 19.1. The van der Waals surface area contributed by atoms with Crippen molar-refractivity contribution in [1.29, 1.82) is 0 Å². The molecule has 0 saturated heterocycles. The summed E-state index contributed by atoms with van der Waals surface area (Å²) in [7, 11) is 0. The summed E-state index contributed by atoms with van der Waals surface area (Å²) < 4.78 is 1.99. The van der Waals surface area contributed by atoms with Gasteiger partial charge in [-0.1, -0.05) is 101 Å². The van der Waals surface area contributed by atoms with Gasteiger partial charge in [-0.25, -0.2) is 0 Å². The third-order valence-corrected chi connectivity index (χ3v) is 8.19. The van der Waals surface area contributed by atoms with Crippen molar-refractivity contribution < 1.29 is 5.11 Å². The van der Waals surface area contributed by atoms with E-state index in [0.29, 0.717) is 16.9 Å². The van der Waals surface area contributed by atoms with E-state index in [1.54, 1.807) is 0 Å². The van der Waals surface area contributed by atoms with Crippen molar-refractivity contribution in [2.45, 2.75) is 52.6 Å². The fraction of sp³-hybridized carbons (Fsp3) is 0.462. The Kier molecular flexibility index (Phi) is 8.41. The Labute approximate surface area is 213 Å². The summed E-state index contributed by atoms with van der Waals surface area (Å²) in [5.41, 5.74) is 2.75. The van der Waals surface area contributed by atoms with Gasteiger partial charge in [-0.2, -0.15) is 0 Å². The molecular formula is C26H30Br2Cl2O. The molecule has 0 amide bonds. The summed E-state index contributed by atoms with van der Waals surface area (Å²) in [6.07, 6.45) is 5.16. The standard InChI is InChI=1S/C13H16BrClO.C13H14BrCl/c1-8(2)9-6-13(16,7-9)11-4-3-10(14)5-12(11)15;1-8(2)9-5-10(6-9)12-4-3-11(14)7-13(12)15/h3-5,8-9,16H,6-7H2,1-2H3;3-5,7-9H,6H2,1-2H3. The van der Waals surface area contributed by atoms with Gasteiger partial charge in [0.1, 0.15) is 0 Å². The number of allylic oxidation sites excluding steroid dienone is 2. The van der Waals surface area contributed by atoms with Gasteiger partial charge in [-0.3, -0.25) is 0 Å². The van der Waals surface area contributed by atoms with E-state index in [-0.39, 0.29) is 0 Å². The Bertz CT molecular complexity index is 962. The summed E-state index contributed by atoms with van der Waals surface area (Å²) in [4.78, 5) is 0. The van der Waals surface area contributed by atoms with Crippen molar-refractivity contribution in [1.82, 2.24) is 0 Å². The number of benzene rings is 2. The van der Waals surface area contributed by atoms with E-state index in [9.17, 15) is 5.11 Å². The number of hydrogen-bond donors (Lipinski definition) is 1. The number of rotatable bonds is 4. The van der Waals surface area contributed by atoms with Crippen LogP contribution in [0.5, 0.6) is 0 Å². The molecule has 2 aromatic rings. The van der Waals surface area contributed by atoms with E-state index in [1.165, 1.54) is 17.6 Å². The van der Waals surface area contributed by atoms with Crippen LogP contribution in [0.15, 0.2) is 51.4 Å². The minimum Gasteiger partial charge on any atom is -0.385 e. The first-order valence-corrected chi connectivity index (χ1v) is 13.2. The van der Waals surface area contributed by atoms with Crippen LogP contribution in [0.3, 0.4) is 0 Å². The average molecular weight is 589 g/mol. The molecule has 1 N–H and O–H groups in total. The summed E-state index contributed by atoms with van der Waals surface area (Å²) in [5.74, 6) is 2.72. The zero-order valence-electron chi connectivity index (χ0n) is 18.4. The van der Waals surface area contributed by atoms with Crippen molar-refractivity contribution in [3.63, 3.8) is 0 Å². The minimum absolute atomic E-state index is 0.615. The van der Waals surface area contributed by atoms with Crippen LogP contribution in [-0.4, -0.2) is 5.11 Å². The van der Waals surface area contributed by atoms with Crippen molar-refractivity contribution in [3.05, 3.63) is 72.6 Å². The van der Waals surface area contributed by atoms with Crippen molar-refractivity contribution >= 4 is 60.6 Å². The molecule has 5 heteroatoms. The Hall–Kier alpha value is -0.320. The second-order valence-electron chi connectivity index (χ2n) is 9.50. The molecule has 0 aliphatic heterocycles. The lowest BCUT2D eigenvalue weighted by Crippen LogP contribution is -2.43. The van der Waals surface area contributed by atoms with Crippen molar-refractivity contribution in [2.24, 2.45) is 23.7 Å². The molecular weight excluding hydrogens is 559 g/mol. The number of aliphatic hydroxyl groups is 1. The fourth-order valence-electron chi connectivity index (χ4n) is 4.22. The third kappa shape index (κ3) is 5.98. The fourth-order valence-corrected chi connectivity index (χ4v) is 5.87. The van der Waals surface area contributed by atoms with Crippen LogP contribution in [0.2, 0.25) is 10.0 Å². The van der Waals surface area contributed by atoms with Crippen molar-refractivity contribution in [3.8, 4) is 0 Å². The molecule has 1 nitrogen and oxygen atoms in total. The molecule has 0 heterocycles. The molecule has 168 valence electrons. The highest BCUT2D eigenvalue weighted by Crippen LogP contribution is 2.50. The van der Waals surface area contributed by atoms with Gasteiger partial charge >= 0.3 is 0 Å². The average Bonchev–Trinajstić information content (AvgIpc) is 2.59. The largest absolute Gasteiger partial charge is 0.385 e. The minimum atomic E-state index is -0.702. The van der Waals surface area contributed by atoms with E-state index in [0.717, 1.165) is 44.2 Å². The SMILES string of the molecule is CC(C)C1C=C(c2ccc(Br)cc2Cl)C1.CC(C)C1CC(O)(c2ccc(Br)cc2Cl)C1. The van der Waals surface area contributed by atoms with Crippen LogP contribution in [0.1, 0.15) is 58.1 Å². The molecule has 0 bridgehead atoms. The van der Waals surface area contributed by atoms with E-state index < -0.39 is 5.60 Å². The Morgan fingerprint density at radius 3 is 1.94 bits per heavy atom. The molecule has 1 saturated carbocycles. The Morgan fingerprint density at radius 2 is 1.45 bits per heavy atom. The predicted octanol–water partition coefficient (Wildman–Crippen LogP) is 9.52. The van der Waals surface area contributed by atoms with Crippen LogP contribution in [0.4, 0.5) is 0 Å². The monoisotopic (exact) mass is 586 g/mol. The molecule has 2 aliphatic carbocycles. The van der Waals surface area contributed by atoms with E-state index >= 15 is 0 Å². The maximum Gasteiger partial charge on any atom is 0.0916 e. The van der Waals surface area contributed by atoms with E-state index in [4.69, 9.17) is 23.2 Å². The molecule has 0 aromatic heterocycles. The lowest BCUT2D eigenvalue weighted by atomic mass is 9.63. The molecule has 31 heavy (non-hydrogen) atoms. The second-order valence-corrected chi connectivity index (χ2v) is 12.1. The van der Waals surface area contributed by atoms with Crippen LogP contribution in [0.25, 0.3) is 5.57 Å². The third-order valence-electron chi connectivity index (χ3n) is 6.58. The molecule has 0 spiro atoms. The zero-order chi connectivity index (χ0) is 22.9. The lowest BCUT2D eigenvalue weighted by molar-refractivity contribution is -0.0933. The van der Waals surface area contributed by atoms with Gasteiger partial charge < -0.3 is 5.11 Å². The van der Waals surface area contributed by atoms with Gasteiger partial charge in [0.05, 0.1) is 5.60 Å². The first-order chi connectivity index (χ1) is 14.5. The summed E-state index contributed by atoms with van der Waals surface area (Å²) in [6, 6.07) is 11.8. The molecule has 2 aliphatic rings. The Balaban J connectivity index is 0.000000176. The van der Waals surface area contributed by atoms with Gasteiger partial charge in [0.2, 0.25) is 0 Å². The van der Waals surface area contributed by atoms with Crippen molar-refractivity contribution in [2.75, 3.05) is 0 Å². The highest BCUT2D eigenvalue weighted by Gasteiger charge is 2.45. The molecule has 4 rings (SSSR count). The highest BCUT2D eigenvalue weighted by atomic mass is 79.9. The van der Waals surface area contributed by atoms with Gasteiger partial charge in [0.25, 0.3) is 0 Å². The van der Waals surface area contributed by atoms with Crippen LogP contribution >= 0.6 is 55.1 Å². The van der Waals surface area contributed by atoms with Gasteiger partial charge in [-0.05, 0) is 78.3 Å². The molecule has 1 unspecified atom stereocenters. The topological polar surface area (TPSA) is 20.2 Å². The predicted molar refractivity (Wildman–Crippen MR) is 141 cm³/mol. The number of halogens is 4. The maximum absolute atomic E-state index is 10.5. The van der Waals surface area contributed by atoms with Crippen LogP contribution in [0, 0.1) is 23.7 Å². The Morgan fingerprint density at radius 1 is 0.903 bits per heavy atom. The quantitative estimate of drug-likeness (QED) is 0.377. The van der Waals surface area contributed by atoms with Crippen LogP contribution in [-0.2, 0) is 5.60 Å². The molecule has 0 radical (unpaired) electrons. The maximum atomic E-state index is 10.5. The van der Waals surface area contributed by atoms with Crippen LogP contribution < -0.4 is 0 Å². The van der Waals surface area contributed by atoms with Gasteiger partial charge in [0.15, 0.2) is 0 Å². The van der Waals surface area contributed by atoms with Gasteiger partial charge in [-0.15, -0.1) is 0 Å². The van der Waals surface area contributed by atoms with E-state index in [2.05, 4.69) is 71.7 Å². The first-order valence-electron chi connectivity index (χ1n) is 10.8. The van der Waals surface area contributed by atoms with E-state index in [1.807, 2.05) is 30.3 Å². The molecule has 1 fully saturated rings. The summed E-state index contributed by atoms with van der Waals surface area (Å²) in [6.45, 7) is 8.93. The first kappa shape index (κ1) is 25.3. The lowest BCUT2D eigenvalue weighted by Gasteiger charge is -2.46. The molecule has 1 atom stereocenters. The smallest absolute Gasteiger partial charge is 0.0916 e. The van der Waals surface area contributed by atoms with Gasteiger partial charge in [0, 0.05) is 24.6 Å². The summed E-state index contributed by atoms with van der Waals surface area (Å²) in [5, 5.41) is 12.0. The second kappa shape index (κ2) is 10.3. The zero-order valence-corrected chi connectivity index (χ0v) is 23.1. The molecule has 2 aromatic carbocycles.